The third kappa shape index (κ3) is 8.72. The number of amides is 1. The van der Waals surface area contributed by atoms with Gasteiger partial charge in [0.05, 0.1) is 5.56 Å². The van der Waals surface area contributed by atoms with E-state index in [1.54, 1.807) is 0 Å². The standard InChI is InChI=1S/C18H18ClF4N3O2/c1-3-15(9-14(20)10-19)28-11-17(27)25-6-4-12(2)26-16-8-13(5-7-24-16)18(21,22)23/h3,5,7-10H,1-2,4,6,11H2,(H,24,26)(H,25,27)/b14-10-,15-9+. The number of carbonyl (C=O) groups is 1. The lowest BCUT2D eigenvalue weighted by Gasteiger charge is -2.12. The molecule has 152 valence electrons. The molecule has 0 saturated heterocycles. The van der Waals surface area contributed by atoms with Gasteiger partial charge in [-0.25, -0.2) is 9.37 Å². The van der Waals surface area contributed by atoms with Crippen LogP contribution in [0, 0.1) is 0 Å². The predicted octanol–water partition coefficient (Wildman–Crippen LogP) is 4.67. The molecular weight excluding hydrogens is 402 g/mol. The maximum atomic E-state index is 13.0. The van der Waals surface area contributed by atoms with Crippen LogP contribution in [-0.2, 0) is 15.7 Å². The smallest absolute Gasteiger partial charge is 0.416 e. The second kappa shape index (κ2) is 11.1. The Balaban J connectivity index is 2.41. The quantitative estimate of drug-likeness (QED) is 0.329. The number of nitrogens with one attached hydrogen (secondary N) is 2. The lowest BCUT2D eigenvalue weighted by molar-refractivity contribution is -0.137. The number of nitrogens with zero attached hydrogens (tertiary/aromatic N) is 1. The van der Waals surface area contributed by atoms with E-state index in [9.17, 15) is 22.4 Å². The predicted molar refractivity (Wildman–Crippen MR) is 98.9 cm³/mol. The average Bonchev–Trinajstić information content (AvgIpc) is 2.64. The zero-order chi connectivity index (χ0) is 21.2. The third-order valence-electron chi connectivity index (χ3n) is 3.10. The number of halogens is 5. The monoisotopic (exact) mass is 419 g/mol. The number of hydrogen-bond acceptors (Lipinski definition) is 4. The number of pyridine rings is 1. The molecule has 1 amide bonds. The van der Waals surface area contributed by atoms with Crippen LogP contribution in [0.25, 0.3) is 0 Å². The van der Waals surface area contributed by atoms with Crippen molar-refractivity contribution in [3.8, 4) is 0 Å². The van der Waals surface area contributed by atoms with Gasteiger partial charge in [-0.2, -0.15) is 13.2 Å². The first kappa shape index (κ1) is 23.2. The Morgan fingerprint density at radius 1 is 1.39 bits per heavy atom. The van der Waals surface area contributed by atoms with E-state index in [1.165, 1.54) is 6.08 Å². The van der Waals surface area contributed by atoms with E-state index in [0.29, 0.717) is 11.2 Å². The highest BCUT2D eigenvalue weighted by Crippen LogP contribution is 2.30. The number of anilines is 1. The maximum Gasteiger partial charge on any atom is 0.416 e. The molecule has 0 saturated carbocycles. The molecule has 0 aromatic carbocycles. The van der Waals surface area contributed by atoms with E-state index < -0.39 is 23.5 Å². The molecule has 0 bridgehead atoms. The van der Waals surface area contributed by atoms with Crippen LogP contribution in [0.1, 0.15) is 12.0 Å². The number of rotatable bonds is 10. The van der Waals surface area contributed by atoms with Gasteiger partial charge in [0.25, 0.3) is 5.91 Å². The molecule has 10 heteroatoms. The largest absolute Gasteiger partial charge is 0.484 e. The van der Waals surface area contributed by atoms with E-state index in [4.69, 9.17) is 16.3 Å². The fraction of sp³-hybridized carbons (Fsp3) is 0.222. The molecule has 0 atom stereocenters. The molecule has 0 aliphatic heterocycles. The Hall–Kier alpha value is -2.81. The summed E-state index contributed by atoms with van der Waals surface area (Å²) >= 11 is 5.18. The van der Waals surface area contributed by atoms with Crippen LogP contribution in [0.5, 0.6) is 0 Å². The summed E-state index contributed by atoms with van der Waals surface area (Å²) in [6.45, 7) is 6.85. The molecule has 1 heterocycles. The number of aromatic nitrogens is 1. The van der Waals surface area contributed by atoms with Crippen LogP contribution in [0.15, 0.2) is 66.5 Å². The Morgan fingerprint density at radius 2 is 2.11 bits per heavy atom. The highest BCUT2D eigenvalue weighted by atomic mass is 35.5. The maximum absolute atomic E-state index is 13.0. The summed E-state index contributed by atoms with van der Waals surface area (Å²) in [5.41, 5.74) is 0.217. The van der Waals surface area contributed by atoms with Crippen molar-refractivity contribution < 1.29 is 27.1 Å². The zero-order valence-electron chi connectivity index (χ0n) is 14.7. The molecule has 0 unspecified atom stereocenters. The van der Waals surface area contributed by atoms with Crippen molar-refractivity contribution in [3.63, 3.8) is 0 Å². The van der Waals surface area contributed by atoms with Gasteiger partial charge in [0.1, 0.15) is 17.4 Å². The van der Waals surface area contributed by atoms with Crippen LogP contribution >= 0.6 is 11.6 Å². The molecule has 0 aliphatic carbocycles. The van der Waals surface area contributed by atoms with Crippen LogP contribution in [0.3, 0.4) is 0 Å². The van der Waals surface area contributed by atoms with E-state index in [2.05, 4.69) is 28.8 Å². The van der Waals surface area contributed by atoms with Gasteiger partial charge in [-0.05, 0) is 18.2 Å². The van der Waals surface area contributed by atoms with Gasteiger partial charge in [-0.1, -0.05) is 24.8 Å². The van der Waals surface area contributed by atoms with Crippen LogP contribution in [-0.4, -0.2) is 24.0 Å². The van der Waals surface area contributed by atoms with Crippen molar-refractivity contribution in [2.75, 3.05) is 18.5 Å². The van der Waals surface area contributed by atoms with Gasteiger partial charge in [0.15, 0.2) is 6.61 Å². The van der Waals surface area contributed by atoms with E-state index in [0.717, 1.165) is 24.4 Å². The topological polar surface area (TPSA) is 63.2 Å². The first-order valence-electron chi connectivity index (χ1n) is 7.83. The second-order valence-electron chi connectivity index (χ2n) is 5.29. The molecule has 0 spiro atoms. The summed E-state index contributed by atoms with van der Waals surface area (Å²) in [6, 6.07) is 1.71. The van der Waals surface area contributed by atoms with Crippen molar-refractivity contribution in [1.29, 1.82) is 0 Å². The van der Waals surface area contributed by atoms with Crippen molar-refractivity contribution in [2.45, 2.75) is 12.6 Å². The number of carbonyl (C=O) groups excluding carboxylic acids is 1. The Kier molecular flexibility index (Phi) is 9.23. The highest BCUT2D eigenvalue weighted by molar-refractivity contribution is 6.25. The SMILES string of the molecule is C=C/C(=C\C(F)=C\Cl)OCC(=O)NCCC(=C)Nc1cc(C(F)(F)F)ccn1. The molecule has 0 aliphatic rings. The number of hydrogen-bond donors (Lipinski definition) is 2. The summed E-state index contributed by atoms with van der Waals surface area (Å²) in [4.78, 5) is 15.5. The van der Waals surface area contributed by atoms with Crippen molar-refractivity contribution in [3.05, 3.63) is 72.0 Å². The molecule has 5 nitrogen and oxygen atoms in total. The minimum Gasteiger partial charge on any atom is -0.484 e. The van der Waals surface area contributed by atoms with E-state index in [1.807, 2.05) is 0 Å². The molecule has 0 radical (unpaired) electrons. The van der Waals surface area contributed by atoms with Gasteiger partial charge in [-0.15, -0.1) is 0 Å². The summed E-state index contributed by atoms with van der Waals surface area (Å²) in [5.74, 6) is -1.24. The summed E-state index contributed by atoms with van der Waals surface area (Å²) in [6.07, 6.45) is -1.04. The van der Waals surface area contributed by atoms with Crippen molar-refractivity contribution in [1.82, 2.24) is 10.3 Å². The first-order chi connectivity index (χ1) is 13.2. The second-order valence-corrected chi connectivity index (χ2v) is 5.51. The van der Waals surface area contributed by atoms with Gasteiger partial charge in [-0.3, -0.25) is 4.79 Å². The minimum absolute atomic E-state index is 0.00961. The van der Waals surface area contributed by atoms with Gasteiger partial charge in [0, 0.05) is 36.5 Å². The average molecular weight is 420 g/mol. The molecular formula is C18H18ClF4N3O2. The van der Waals surface area contributed by atoms with E-state index >= 15 is 0 Å². The third-order valence-corrected chi connectivity index (χ3v) is 3.31. The minimum atomic E-state index is -4.48. The molecule has 1 aromatic heterocycles. The number of alkyl halides is 3. The van der Waals surface area contributed by atoms with Crippen LogP contribution < -0.4 is 10.6 Å². The normalized spacial score (nSPS) is 12.3. The highest BCUT2D eigenvalue weighted by Gasteiger charge is 2.30. The Morgan fingerprint density at radius 3 is 2.71 bits per heavy atom. The molecule has 1 aromatic rings. The van der Waals surface area contributed by atoms with Crippen molar-refractivity contribution in [2.24, 2.45) is 0 Å². The fourth-order valence-electron chi connectivity index (χ4n) is 1.80. The molecule has 0 fully saturated rings. The van der Waals surface area contributed by atoms with Crippen LogP contribution in [0.2, 0.25) is 0 Å². The van der Waals surface area contributed by atoms with Crippen LogP contribution in [0.4, 0.5) is 23.4 Å². The fourth-order valence-corrected chi connectivity index (χ4v) is 1.86. The first-order valence-corrected chi connectivity index (χ1v) is 8.27. The summed E-state index contributed by atoms with van der Waals surface area (Å²) in [7, 11) is 0. The zero-order valence-corrected chi connectivity index (χ0v) is 15.4. The van der Waals surface area contributed by atoms with E-state index in [-0.39, 0.29) is 31.1 Å². The number of allylic oxidation sites excluding steroid dienone is 3. The lowest BCUT2D eigenvalue weighted by atomic mass is 10.2. The van der Waals surface area contributed by atoms with Crippen molar-refractivity contribution >= 4 is 23.3 Å². The number of ether oxygens (including phenoxy) is 1. The molecule has 28 heavy (non-hydrogen) atoms. The Labute approximate surface area is 164 Å². The Bertz CT molecular complexity index is 776. The van der Waals surface area contributed by atoms with Gasteiger partial charge >= 0.3 is 6.18 Å². The molecule has 2 N–H and O–H groups in total. The van der Waals surface area contributed by atoms with Gasteiger partial charge < -0.3 is 15.4 Å². The lowest BCUT2D eigenvalue weighted by Crippen LogP contribution is -2.29. The van der Waals surface area contributed by atoms with Gasteiger partial charge in [0.2, 0.25) is 0 Å². The molecule has 1 rings (SSSR count). The summed E-state index contributed by atoms with van der Waals surface area (Å²) in [5, 5.41) is 5.17. The summed E-state index contributed by atoms with van der Waals surface area (Å²) < 4.78 is 56.0.